The fourth-order valence-electron chi connectivity index (χ4n) is 3.77. The molecule has 3 aromatic heterocycles. The molecule has 0 saturated carbocycles. The number of nitrogens with two attached hydrogens (primary N) is 1. The molecule has 1 aliphatic rings. The summed E-state index contributed by atoms with van der Waals surface area (Å²) in [5, 5.41) is 10.8. The highest BCUT2D eigenvalue weighted by Crippen LogP contribution is 2.29. The van der Waals surface area contributed by atoms with Crippen molar-refractivity contribution >= 4 is 44.9 Å². The van der Waals surface area contributed by atoms with Gasteiger partial charge in [-0.1, -0.05) is 6.92 Å². The molecule has 152 valence electrons. The Bertz CT molecular complexity index is 1030. The monoisotopic (exact) mass is 412 g/mol. The first kappa shape index (κ1) is 19.4. The summed E-state index contributed by atoms with van der Waals surface area (Å²) in [5.74, 6) is -0.371. The number of fused-ring (bicyclic) bond motifs is 1. The number of nitrogen functional groups attached to an aromatic ring is 1. The average molecular weight is 413 g/mol. The van der Waals surface area contributed by atoms with Gasteiger partial charge in [-0.3, -0.25) is 14.7 Å². The number of piperidine rings is 1. The Labute approximate surface area is 172 Å². The molecule has 8 nitrogen and oxygen atoms in total. The van der Waals surface area contributed by atoms with E-state index >= 15 is 0 Å². The SMILES string of the molecule is Cc1cc(NC(=O)C(=O)N2C[C@@H](C)CCC2Cc2cc3cn[nH]c3s2)cnc1N. The molecule has 3 aromatic rings. The highest BCUT2D eigenvalue weighted by atomic mass is 32.1. The van der Waals surface area contributed by atoms with E-state index in [-0.39, 0.29) is 6.04 Å². The summed E-state index contributed by atoms with van der Waals surface area (Å²) in [6.07, 6.45) is 5.93. The summed E-state index contributed by atoms with van der Waals surface area (Å²) in [4.78, 5) is 33.6. The predicted octanol–water partition coefficient (Wildman–Crippen LogP) is 2.72. The maximum atomic E-state index is 13.0. The number of aromatic amines is 1. The predicted molar refractivity (Wildman–Crippen MR) is 114 cm³/mol. The molecular formula is C20H24N6O2S. The number of anilines is 2. The van der Waals surface area contributed by atoms with E-state index in [9.17, 15) is 9.59 Å². The molecule has 0 spiro atoms. The van der Waals surface area contributed by atoms with Gasteiger partial charge >= 0.3 is 11.8 Å². The van der Waals surface area contributed by atoms with Crippen LogP contribution in [0.4, 0.5) is 11.5 Å². The van der Waals surface area contributed by atoms with Crippen LogP contribution in [-0.2, 0) is 16.0 Å². The molecule has 1 aliphatic heterocycles. The van der Waals surface area contributed by atoms with Crippen LogP contribution in [0.5, 0.6) is 0 Å². The zero-order chi connectivity index (χ0) is 20.5. The van der Waals surface area contributed by atoms with Crippen molar-refractivity contribution < 1.29 is 9.59 Å². The van der Waals surface area contributed by atoms with Crippen LogP contribution >= 0.6 is 11.3 Å². The first-order chi connectivity index (χ1) is 13.9. The van der Waals surface area contributed by atoms with Gasteiger partial charge < -0.3 is 16.0 Å². The van der Waals surface area contributed by atoms with Crippen LogP contribution in [0.3, 0.4) is 0 Å². The second-order valence-corrected chi connectivity index (χ2v) is 8.88. The molecule has 0 radical (unpaired) electrons. The van der Waals surface area contributed by atoms with Crippen LogP contribution in [0.1, 0.15) is 30.2 Å². The van der Waals surface area contributed by atoms with Gasteiger partial charge in [0, 0.05) is 29.3 Å². The molecule has 29 heavy (non-hydrogen) atoms. The number of carbonyl (C=O) groups is 2. The first-order valence-corrected chi connectivity index (χ1v) is 10.5. The molecule has 2 atom stereocenters. The van der Waals surface area contributed by atoms with Crippen molar-refractivity contribution in [3.05, 3.63) is 35.0 Å². The van der Waals surface area contributed by atoms with Gasteiger partial charge in [-0.15, -0.1) is 11.3 Å². The summed E-state index contributed by atoms with van der Waals surface area (Å²) in [6, 6.07) is 3.82. The molecule has 1 unspecified atom stereocenters. The smallest absolute Gasteiger partial charge is 0.313 e. The van der Waals surface area contributed by atoms with E-state index in [1.165, 1.54) is 11.1 Å². The van der Waals surface area contributed by atoms with Gasteiger partial charge in [0.1, 0.15) is 10.6 Å². The molecule has 0 bridgehead atoms. The zero-order valence-electron chi connectivity index (χ0n) is 16.4. The Kier molecular flexibility index (Phi) is 5.23. The lowest BCUT2D eigenvalue weighted by atomic mass is 9.92. The lowest BCUT2D eigenvalue weighted by molar-refractivity contribution is -0.146. The highest BCUT2D eigenvalue weighted by molar-refractivity contribution is 7.18. The van der Waals surface area contributed by atoms with Crippen LogP contribution in [0.15, 0.2) is 24.5 Å². The minimum absolute atomic E-state index is 0.00597. The standard InChI is InChI=1S/C20H24N6O2S/c1-11-3-4-15(7-16-6-13-8-23-25-19(13)29-16)26(10-11)20(28)18(27)24-14-5-12(2)17(21)22-9-14/h5-6,8-9,11,15H,3-4,7,10H2,1-2H3,(H2,21,22)(H,23,25)(H,24,27)/t11-,15?/m0/s1. The van der Waals surface area contributed by atoms with Crippen molar-refractivity contribution in [3.8, 4) is 0 Å². The molecule has 1 fully saturated rings. The van der Waals surface area contributed by atoms with E-state index in [0.717, 1.165) is 35.0 Å². The van der Waals surface area contributed by atoms with E-state index < -0.39 is 11.8 Å². The lowest BCUT2D eigenvalue weighted by Gasteiger charge is -2.38. The summed E-state index contributed by atoms with van der Waals surface area (Å²) >= 11 is 1.65. The molecule has 2 amide bonds. The molecule has 0 aromatic carbocycles. The van der Waals surface area contributed by atoms with E-state index in [2.05, 4.69) is 33.5 Å². The number of hydrogen-bond donors (Lipinski definition) is 3. The van der Waals surface area contributed by atoms with Crippen molar-refractivity contribution in [3.63, 3.8) is 0 Å². The zero-order valence-corrected chi connectivity index (χ0v) is 17.3. The normalized spacial score (nSPS) is 19.4. The van der Waals surface area contributed by atoms with Crippen molar-refractivity contribution in [1.82, 2.24) is 20.1 Å². The summed E-state index contributed by atoms with van der Waals surface area (Å²) < 4.78 is 0. The molecule has 1 saturated heterocycles. The summed E-state index contributed by atoms with van der Waals surface area (Å²) in [6.45, 7) is 4.50. The Morgan fingerprint density at radius 2 is 2.17 bits per heavy atom. The van der Waals surface area contributed by atoms with Crippen molar-refractivity contribution in [2.45, 2.75) is 39.2 Å². The number of aryl methyl sites for hydroxylation is 1. The van der Waals surface area contributed by atoms with Crippen LogP contribution in [0.25, 0.3) is 10.2 Å². The number of aromatic nitrogens is 3. The number of pyridine rings is 1. The molecule has 0 aliphatic carbocycles. The van der Waals surface area contributed by atoms with Gasteiger partial charge in [0.15, 0.2) is 0 Å². The third-order valence-corrected chi connectivity index (χ3v) is 6.47. The van der Waals surface area contributed by atoms with Crippen LogP contribution in [-0.4, -0.2) is 44.5 Å². The second kappa shape index (κ2) is 7.82. The third kappa shape index (κ3) is 4.09. The van der Waals surface area contributed by atoms with E-state index in [1.807, 2.05) is 0 Å². The van der Waals surface area contributed by atoms with Crippen molar-refractivity contribution in [2.75, 3.05) is 17.6 Å². The number of amides is 2. The molecule has 9 heteroatoms. The number of likely N-dealkylation sites (tertiary alicyclic amines) is 1. The highest BCUT2D eigenvalue weighted by Gasteiger charge is 2.33. The summed E-state index contributed by atoms with van der Waals surface area (Å²) in [7, 11) is 0. The average Bonchev–Trinajstić information content (AvgIpc) is 3.27. The Morgan fingerprint density at radius 1 is 1.34 bits per heavy atom. The van der Waals surface area contributed by atoms with E-state index in [1.54, 1.807) is 35.4 Å². The van der Waals surface area contributed by atoms with Gasteiger partial charge in [0.2, 0.25) is 0 Å². The Morgan fingerprint density at radius 3 is 2.93 bits per heavy atom. The van der Waals surface area contributed by atoms with Gasteiger partial charge in [0.05, 0.1) is 18.1 Å². The van der Waals surface area contributed by atoms with Gasteiger partial charge in [-0.05, 0) is 43.4 Å². The molecule has 4 rings (SSSR count). The Balaban J connectivity index is 1.49. The maximum Gasteiger partial charge on any atom is 0.313 e. The minimum Gasteiger partial charge on any atom is -0.383 e. The molecular weight excluding hydrogens is 388 g/mol. The number of rotatable bonds is 3. The molecule has 4 N–H and O–H groups in total. The van der Waals surface area contributed by atoms with Gasteiger partial charge in [-0.25, -0.2) is 4.98 Å². The van der Waals surface area contributed by atoms with Crippen LogP contribution in [0, 0.1) is 12.8 Å². The number of hydrogen-bond acceptors (Lipinski definition) is 6. The fourth-order valence-corrected chi connectivity index (χ4v) is 4.83. The minimum atomic E-state index is -0.641. The van der Waals surface area contributed by atoms with Gasteiger partial charge in [0.25, 0.3) is 0 Å². The molecule has 4 heterocycles. The number of nitrogens with one attached hydrogen (secondary N) is 2. The largest absolute Gasteiger partial charge is 0.383 e. The topological polar surface area (TPSA) is 117 Å². The third-order valence-electron chi connectivity index (χ3n) is 5.39. The van der Waals surface area contributed by atoms with E-state index in [0.29, 0.717) is 24.0 Å². The quantitative estimate of drug-likeness (QED) is 0.572. The van der Waals surface area contributed by atoms with Crippen molar-refractivity contribution in [1.29, 1.82) is 0 Å². The van der Waals surface area contributed by atoms with E-state index in [4.69, 9.17) is 5.73 Å². The number of nitrogens with zero attached hydrogens (tertiary/aromatic N) is 3. The lowest BCUT2D eigenvalue weighted by Crippen LogP contribution is -2.51. The van der Waals surface area contributed by atoms with Crippen LogP contribution < -0.4 is 11.1 Å². The number of H-pyrrole nitrogens is 1. The number of carbonyl (C=O) groups excluding carboxylic acids is 2. The summed E-state index contributed by atoms with van der Waals surface area (Å²) in [5.41, 5.74) is 6.94. The number of thiophene rings is 1. The second-order valence-electron chi connectivity index (χ2n) is 7.75. The van der Waals surface area contributed by atoms with Crippen molar-refractivity contribution in [2.24, 2.45) is 5.92 Å². The Hall–Kier alpha value is -2.94. The first-order valence-electron chi connectivity index (χ1n) is 9.66. The maximum absolute atomic E-state index is 13.0. The van der Waals surface area contributed by atoms with Gasteiger partial charge in [-0.2, -0.15) is 5.10 Å². The fraction of sp³-hybridized carbons (Fsp3) is 0.400. The van der Waals surface area contributed by atoms with Crippen LogP contribution in [0.2, 0.25) is 0 Å².